The smallest absolute Gasteiger partial charge is 0.223 e. The van der Waals surface area contributed by atoms with E-state index in [1.54, 1.807) is 0 Å². The Morgan fingerprint density at radius 2 is 1.89 bits per heavy atom. The molecule has 4 nitrogen and oxygen atoms in total. The molecule has 3 rings (SSSR count). The molecule has 0 bridgehead atoms. The zero-order chi connectivity index (χ0) is 12.4. The fraction of sp³-hybridized carbons (Fsp3) is 0.929. The Balaban J connectivity index is 1.38. The van der Waals surface area contributed by atoms with Gasteiger partial charge in [0.1, 0.15) is 0 Å². The average molecular weight is 251 g/mol. The van der Waals surface area contributed by atoms with Gasteiger partial charge in [0.25, 0.3) is 0 Å². The lowest BCUT2D eigenvalue weighted by Crippen LogP contribution is -2.41. The van der Waals surface area contributed by atoms with E-state index in [-0.39, 0.29) is 0 Å². The van der Waals surface area contributed by atoms with Crippen molar-refractivity contribution in [2.75, 3.05) is 32.7 Å². The summed E-state index contributed by atoms with van der Waals surface area (Å²) in [6.45, 7) is 5.37. The van der Waals surface area contributed by atoms with Crippen molar-refractivity contribution in [3.05, 3.63) is 0 Å². The number of amides is 1. The van der Waals surface area contributed by atoms with Gasteiger partial charge in [-0.05, 0) is 38.6 Å². The van der Waals surface area contributed by atoms with Crippen molar-refractivity contribution in [2.24, 2.45) is 0 Å². The second kappa shape index (κ2) is 5.57. The van der Waals surface area contributed by atoms with Gasteiger partial charge in [-0.15, -0.1) is 0 Å². The Morgan fingerprint density at radius 3 is 2.72 bits per heavy atom. The van der Waals surface area contributed by atoms with Crippen LogP contribution < -0.4 is 5.32 Å². The predicted octanol–water partition coefficient (Wildman–Crippen LogP) is 0.825. The van der Waals surface area contributed by atoms with Crippen LogP contribution in [0, 0.1) is 0 Å². The first-order valence-corrected chi connectivity index (χ1v) is 7.60. The second-order valence-electron chi connectivity index (χ2n) is 5.93. The number of hydrogen-bond donors (Lipinski definition) is 1. The van der Waals surface area contributed by atoms with Gasteiger partial charge in [-0.3, -0.25) is 9.69 Å². The van der Waals surface area contributed by atoms with E-state index in [1.165, 1.54) is 45.2 Å². The fourth-order valence-corrected chi connectivity index (χ4v) is 3.81. The lowest BCUT2D eigenvalue weighted by atomic mass is 10.1. The van der Waals surface area contributed by atoms with Gasteiger partial charge in [0.2, 0.25) is 5.91 Å². The molecular formula is C14H25N3O. The summed E-state index contributed by atoms with van der Waals surface area (Å²) in [5.41, 5.74) is 0. The molecule has 3 aliphatic heterocycles. The summed E-state index contributed by atoms with van der Waals surface area (Å²) < 4.78 is 0. The number of carbonyl (C=O) groups is 1. The van der Waals surface area contributed by atoms with Crippen molar-refractivity contribution in [1.82, 2.24) is 15.1 Å². The van der Waals surface area contributed by atoms with Gasteiger partial charge < -0.3 is 10.2 Å². The summed E-state index contributed by atoms with van der Waals surface area (Å²) in [5, 5.41) is 3.62. The lowest BCUT2D eigenvalue weighted by molar-refractivity contribution is -0.130. The van der Waals surface area contributed by atoms with Crippen LogP contribution in [0.1, 0.15) is 38.5 Å². The minimum absolute atomic E-state index is 0.348. The summed E-state index contributed by atoms with van der Waals surface area (Å²) in [7, 11) is 0. The van der Waals surface area contributed by atoms with Gasteiger partial charge in [0.15, 0.2) is 0 Å². The summed E-state index contributed by atoms with van der Waals surface area (Å²) in [4.78, 5) is 16.6. The van der Waals surface area contributed by atoms with Crippen LogP contribution >= 0.6 is 0 Å². The molecule has 3 aliphatic rings. The topological polar surface area (TPSA) is 35.6 Å². The first kappa shape index (κ1) is 12.4. The van der Waals surface area contributed by atoms with Crippen LogP contribution in [0.3, 0.4) is 0 Å². The molecule has 3 saturated heterocycles. The number of rotatable bonds is 4. The van der Waals surface area contributed by atoms with Gasteiger partial charge in [0.05, 0.1) is 0 Å². The molecule has 0 radical (unpaired) electrons. The number of carbonyl (C=O) groups excluding carboxylic acids is 1. The van der Waals surface area contributed by atoms with E-state index >= 15 is 0 Å². The molecule has 2 atom stereocenters. The van der Waals surface area contributed by atoms with E-state index in [9.17, 15) is 4.79 Å². The summed E-state index contributed by atoms with van der Waals surface area (Å²) in [5.74, 6) is 0.348. The Bertz CT molecular complexity index is 301. The minimum atomic E-state index is 0.348. The zero-order valence-corrected chi connectivity index (χ0v) is 11.2. The van der Waals surface area contributed by atoms with Gasteiger partial charge >= 0.3 is 0 Å². The largest absolute Gasteiger partial charge is 0.343 e. The maximum atomic E-state index is 11.9. The van der Waals surface area contributed by atoms with Crippen molar-refractivity contribution in [1.29, 1.82) is 0 Å². The van der Waals surface area contributed by atoms with E-state index in [4.69, 9.17) is 0 Å². The zero-order valence-electron chi connectivity index (χ0n) is 11.2. The highest BCUT2D eigenvalue weighted by Gasteiger charge is 2.36. The van der Waals surface area contributed by atoms with Crippen LogP contribution in [0.25, 0.3) is 0 Å². The van der Waals surface area contributed by atoms with Gasteiger partial charge in [-0.25, -0.2) is 0 Å². The van der Waals surface area contributed by atoms with E-state index in [0.29, 0.717) is 18.4 Å². The maximum Gasteiger partial charge on any atom is 0.223 e. The first-order chi connectivity index (χ1) is 8.84. The number of fused-ring (bicyclic) bond motifs is 1. The molecule has 0 spiro atoms. The molecule has 0 saturated carbocycles. The predicted molar refractivity (Wildman–Crippen MR) is 71.4 cm³/mol. The van der Waals surface area contributed by atoms with Crippen LogP contribution in [0.15, 0.2) is 0 Å². The standard InChI is InChI=1S/C14H25N3O/c18-14(17-8-1-2-9-17)5-7-15-12-6-11-16-10-3-4-13(12)16/h12-13,15H,1-11H2. The first-order valence-electron chi connectivity index (χ1n) is 7.60. The van der Waals surface area contributed by atoms with E-state index in [1.807, 2.05) is 4.90 Å². The minimum Gasteiger partial charge on any atom is -0.343 e. The molecule has 102 valence electrons. The summed E-state index contributed by atoms with van der Waals surface area (Å²) >= 11 is 0. The number of nitrogens with zero attached hydrogens (tertiary/aromatic N) is 2. The Morgan fingerprint density at radius 1 is 1.06 bits per heavy atom. The van der Waals surface area contributed by atoms with Crippen molar-refractivity contribution >= 4 is 5.91 Å². The molecule has 0 aliphatic carbocycles. The maximum absolute atomic E-state index is 11.9. The third kappa shape index (κ3) is 2.54. The van der Waals surface area contributed by atoms with Gasteiger partial charge in [-0.1, -0.05) is 0 Å². The quantitative estimate of drug-likeness (QED) is 0.804. The molecular weight excluding hydrogens is 226 g/mol. The molecule has 3 fully saturated rings. The molecule has 3 heterocycles. The Hall–Kier alpha value is -0.610. The molecule has 0 aromatic rings. The fourth-order valence-electron chi connectivity index (χ4n) is 3.81. The van der Waals surface area contributed by atoms with Crippen molar-refractivity contribution < 1.29 is 4.79 Å². The van der Waals surface area contributed by atoms with Crippen LogP contribution in [0.2, 0.25) is 0 Å². The summed E-state index contributed by atoms with van der Waals surface area (Å²) in [6, 6.07) is 1.39. The highest BCUT2D eigenvalue weighted by Crippen LogP contribution is 2.27. The van der Waals surface area contributed by atoms with E-state index < -0.39 is 0 Å². The van der Waals surface area contributed by atoms with Crippen LogP contribution in [0.4, 0.5) is 0 Å². The number of hydrogen-bond acceptors (Lipinski definition) is 3. The van der Waals surface area contributed by atoms with Gasteiger partial charge in [0, 0.05) is 44.7 Å². The molecule has 1 N–H and O–H groups in total. The lowest BCUT2D eigenvalue weighted by Gasteiger charge is -2.22. The number of nitrogens with one attached hydrogen (secondary N) is 1. The van der Waals surface area contributed by atoms with Crippen molar-refractivity contribution in [2.45, 2.75) is 50.6 Å². The van der Waals surface area contributed by atoms with Crippen molar-refractivity contribution in [3.8, 4) is 0 Å². The molecule has 4 heteroatoms. The highest BCUT2D eigenvalue weighted by atomic mass is 16.2. The third-order valence-corrected chi connectivity index (χ3v) is 4.81. The Labute approximate surface area is 110 Å². The molecule has 2 unspecified atom stereocenters. The van der Waals surface area contributed by atoms with Crippen molar-refractivity contribution in [3.63, 3.8) is 0 Å². The second-order valence-corrected chi connectivity index (χ2v) is 5.93. The normalized spacial score (nSPS) is 32.1. The Kier molecular flexibility index (Phi) is 3.85. The molecule has 0 aromatic heterocycles. The van der Waals surface area contributed by atoms with Crippen LogP contribution in [0.5, 0.6) is 0 Å². The highest BCUT2D eigenvalue weighted by molar-refractivity contribution is 5.76. The van der Waals surface area contributed by atoms with Crippen LogP contribution in [-0.2, 0) is 4.79 Å². The molecule has 1 amide bonds. The van der Waals surface area contributed by atoms with E-state index in [2.05, 4.69) is 10.2 Å². The monoisotopic (exact) mass is 251 g/mol. The molecule has 18 heavy (non-hydrogen) atoms. The number of likely N-dealkylation sites (tertiary alicyclic amines) is 1. The average Bonchev–Trinajstić information content (AvgIpc) is 3.07. The summed E-state index contributed by atoms with van der Waals surface area (Å²) in [6.07, 6.45) is 7.04. The van der Waals surface area contributed by atoms with Gasteiger partial charge in [-0.2, -0.15) is 0 Å². The third-order valence-electron chi connectivity index (χ3n) is 4.81. The van der Waals surface area contributed by atoms with E-state index in [0.717, 1.165) is 25.7 Å². The SMILES string of the molecule is O=C(CCNC1CCN2CCCC12)N1CCCC1. The van der Waals surface area contributed by atoms with Crippen LogP contribution in [-0.4, -0.2) is 60.5 Å². The molecule has 0 aromatic carbocycles.